The van der Waals surface area contributed by atoms with Crippen molar-refractivity contribution in [3.8, 4) is 0 Å². The summed E-state index contributed by atoms with van der Waals surface area (Å²) in [6.45, 7) is 16.6. The van der Waals surface area contributed by atoms with E-state index in [9.17, 15) is 9.59 Å². The highest BCUT2D eigenvalue weighted by Crippen LogP contribution is 2.23. The lowest BCUT2D eigenvalue weighted by molar-refractivity contribution is -0.117. The molecule has 0 aliphatic carbocycles. The molecule has 6 nitrogen and oxygen atoms in total. The Bertz CT molecular complexity index is 755. The topological polar surface area (TPSA) is 61.9 Å². The van der Waals surface area contributed by atoms with E-state index in [2.05, 4.69) is 23.2 Å². The largest absolute Gasteiger partial charge is 0.444 e. The fraction of sp³-hybridized carbons (Fsp3) is 0.680. The first-order valence-corrected chi connectivity index (χ1v) is 11.6. The van der Waals surface area contributed by atoms with E-state index in [-0.39, 0.29) is 18.0 Å². The average molecular weight is 432 g/mol. The van der Waals surface area contributed by atoms with Crippen LogP contribution in [0.1, 0.15) is 65.5 Å². The molecule has 1 aromatic carbocycles. The fourth-order valence-electron chi connectivity index (χ4n) is 4.12. The molecule has 1 aliphatic rings. The molecule has 1 aromatic rings. The molecule has 6 heteroatoms. The van der Waals surface area contributed by atoms with Crippen LogP contribution < -0.4 is 5.32 Å². The van der Waals surface area contributed by atoms with Crippen LogP contribution in [0.4, 0.5) is 10.5 Å². The summed E-state index contributed by atoms with van der Waals surface area (Å²) in [5, 5.41) is 3.13. The molecule has 1 aliphatic heterocycles. The summed E-state index contributed by atoms with van der Waals surface area (Å²) in [5.41, 5.74) is 2.69. The number of piperidine rings is 1. The van der Waals surface area contributed by atoms with Gasteiger partial charge in [0.2, 0.25) is 5.91 Å². The average Bonchev–Trinajstić information content (AvgIpc) is 2.66. The van der Waals surface area contributed by atoms with E-state index < -0.39 is 5.60 Å². The second-order valence-electron chi connectivity index (χ2n) is 9.98. The van der Waals surface area contributed by atoms with Crippen LogP contribution in [0.15, 0.2) is 18.2 Å². The fourth-order valence-corrected chi connectivity index (χ4v) is 4.12. The molecule has 1 N–H and O–H groups in total. The highest BCUT2D eigenvalue weighted by molar-refractivity contribution is 5.93. The Labute approximate surface area is 188 Å². The predicted molar refractivity (Wildman–Crippen MR) is 126 cm³/mol. The van der Waals surface area contributed by atoms with Gasteiger partial charge in [0.1, 0.15) is 5.60 Å². The van der Waals surface area contributed by atoms with E-state index in [0.717, 1.165) is 49.2 Å². The van der Waals surface area contributed by atoms with Gasteiger partial charge in [0.05, 0.1) is 6.54 Å². The molecular formula is C25H41N3O3. The summed E-state index contributed by atoms with van der Waals surface area (Å²) in [5.74, 6) is 0.360. The van der Waals surface area contributed by atoms with E-state index in [1.807, 2.05) is 58.6 Å². The monoisotopic (exact) mass is 431 g/mol. The summed E-state index contributed by atoms with van der Waals surface area (Å²) in [6, 6.07) is 6.20. The van der Waals surface area contributed by atoms with Gasteiger partial charge in [-0.15, -0.1) is 0 Å². The summed E-state index contributed by atoms with van der Waals surface area (Å²) in [6.07, 6.45) is 2.72. The van der Waals surface area contributed by atoms with Crippen molar-refractivity contribution in [1.29, 1.82) is 0 Å². The molecule has 2 amide bonds. The van der Waals surface area contributed by atoms with Crippen LogP contribution in [0.2, 0.25) is 0 Å². The SMILES string of the molecule is CCc1cccc(C)c1NC(=O)CN1CCCC(CN(C(=O)OC(C)(C)C)C(C)C)C1. The van der Waals surface area contributed by atoms with Crippen LogP contribution >= 0.6 is 0 Å². The number of benzene rings is 1. The first-order valence-electron chi connectivity index (χ1n) is 11.6. The van der Waals surface area contributed by atoms with E-state index >= 15 is 0 Å². The third-order valence-corrected chi connectivity index (χ3v) is 5.68. The first-order chi connectivity index (χ1) is 14.5. The number of amides is 2. The predicted octanol–water partition coefficient (Wildman–Crippen LogP) is 4.85. The zero-order valence-electron chi connectivity index (χ0n) is 20.5. The molecule has 0 saturated carbocycles. The number of aryl methyl sites for hydroxylation is 2. The number of rotatable bonds is 7. The number of para-hydroxylation sites is 1. The van der Waals surface area contributed by atoms with Gasteiger partial charge in [-0.25, -0.2) is 4.79 Å². The second kappa shape index (κ2) is 11.0. The number of hydrogen-bond acceptors (Lipinski definition) is 4. The van der Waals surface area contributed by atoms with Gasteiger partial charge in [0.25, 0.3) is 0 Å². The van der Waals surface area contributed by atoms with Gasteiger partial charge in [-0.2, -0.15) is 0 Å². The van der Waals surface area contributed by atoms with Gasteiger partial charge in [-0.3, -0.25) is 9.69 Å². The van der Waals surface area contributed by atoms with Crippen molar-refractivity contribution in [3.63, 3.8) is 0 Å². The van der Waals surface area contributed by atoms with Gasteiger partial charge >= 0.3 is 6.09 Å². The van der Waals surface area contributed by atoms with Gasteiger partial charge in [0.15, 0.2) is 0 Å². The quantitative estimate of drug-likeness (QED) is 0.670. The normalized spacial score (nSPS) is 17.5. The molecule has 2 rings (SSSR count). The Morgan fingerprint density at radius 3 is 2.61 bits per heavy atom. The maximum atomic E-state index is 12.8. The standard InChI is InChI=1S/C25H41N3O3/c1-8-21-13-9-11-19(4)23(21)26-22(29)17-27-14-10-12-20(15-27)16-28(18(2)3)24(30)31-25(5,6)7/h9,11,13,18,20H,8,10,12,14-17H2,1-7H3,(H,26,29). The van der Waals surface area contributed by atoms with Crippen molar-refractivity contribution in [1.82, 2.24) is 9.80 Å². The molecule has 1 unspecified atom stereocenters. The van der Waals surface area contributed by atoms with Gasteiger partial charge in [-0.05, 0) is 84.4 Å². The highest BCUT2D eigenvalue weighted by Gasteiger charge is 2.29. The third kappa shape index (κ3) is 7.84. The second-order valence-corrected chi connectivity index (χ2v) is 9.98. The minimum atomic E-state index is -0.506. The van der Waals surface area contributed by atoms with E-state index in [4.69, 9.17) is 4.74 Å². The van der Waals surface area contributed by atoms with Gasteiger partial charge in [0, 0.05) is 24.8 Å². The first kappa shape index (κ1) is 25.2. The molecule has 1 heterocycles. The zero-order chi connectivity index (χ0) is 23.2. The molecule has 1 atom stereocenters. The molecule has 1 fully saturated rings. The Balaban J connectivity index is 1.95. The van der Waals surface area contributed by atoms with Crippen LogP contribution in [0.3, 0.4) is 0 Å². The van der Waals surface area contributed by atoms with E-state index in [0.29, 0.717) is 19.0 Å². The number of nitrogens with zero attached hydrogens (tertiary/aromatic N) is 2. The number of hydrogen-bond donors (Lipinski definition) is 1. The molecule has 0 bridgehead atoms. The van der Waals surface area contributed by atoms with E-state index in [1.165, 1.54) is 0 Å². The maximum Gasteiger partial charge on any atom is 0.410 e. The minimum Gasteiger partial charge on any atom is -0.444 e. The zero-order valence-corrected chi connectivity index (χ0v) is 20.5. The minimum absolute atomic E-state index is 0.0255. The number of likely N-dealkylation sites (tertiary alicyclic amines) is 1. The number of nitrogens with one attached hydrogen (secondary N) is 1. The summed E-state index contributed by atoms with van der Waals surface area (Å²) in [4.78, 5) is 29.4. The molecular weight excluding hydrogens is 390 g/mol. The Kier molecular flexibility index (Phi) is 8.92. The van der Waals surface area contributed by atoms with E-state index in [1.54, 1.807) is 0 Å². The van der Waals surface area contributed by atoms with Crippen LogP contribution in [0, 0.1) is 12.8 Å². The summed E-state index contributed by atoms with van der Waals surface area (Å²) < 4.78 is 5.60. The number of ether oxygens (including phenoxy) is 1. The molecule has 31 heavy (non-hydrogen) atoms. The Hall–Kier alpha value is -2.08. The van der Waals surface area contributed by atoms with Crippen molar-refractivity contribution in [2.45, 2.75) is 79.4 Å². The van der Waals surface area contributed by atoms with Crippen LogP contribution in [0.5, 0.6) is 0 Å². The lowest BCUT2D eigenvalue weighted by Crippen LogP contribution is -2.48. The Morgan fingerprint density at radius 2 is 2.00 bits per heavy atom. The number of carbonyl (C=O) groups is 2. The maximum absolute atomic E-state index is 12.8. The van der Waals surface area contributed by atoms with Crippen molar-refractivity contribution in [2.75, 3.05) is 31.5 Å². The van der Waals surface area contributed by atoms with Crippen LogP contribution in [-0.4, -0.2) is 59.6 Å². The van der Waals surface area contributed by atoms with Gasteiger partial charge in [-0.1, -0.05) is 25.1 Å². The molecule has 0 aromatic heterocycles. The molecule has 0 radical (unpaired) electrons. The summed E-state index contributed by atoms with van der Waals surface area (Å²) >= 11 is 0. The van der Waals surface area contributed by atoms with Crippen molar-refractivity contribution < 1.29 is 14.3 Å². The third-order valence-electron chi connectivity index (χ3n) is 5.68. The van der Waals surface area contributed by atoms with Crippen LogP contribution in [-0.2, 0) is 16.0 Å². The summed E-state index contributed by atoms with van der Waals surface area (Å²) in [7, 11) is 0. The van der Waals surface area contributed by atoms with Crippen molar-refractivity contribution in [2.24, 2.45) is 5.92 Å². The lowest BCUT2D eigenvalue weighted by atomic mass is 9.97. The number of anilines is 1. The molecule has 0 spiro atoms. The van der Waals surface area contributed by atoms with Crippen molar-refractivity contribution >= 4 is 17.7 Å². The van der Waals surface area contributed by atoms with Crippen LogP contribution in [0.25, 0.3) is 0 Å². The lowest BCUT2D eigenvalue weighted by Gasteiger charge is -2.37. The molecule has 1 saturated heterocycles. The van der Waals surface area contributed by atoms with Crippen molar-refractivity contribution in [3.05, 3.63) is 29.3 Å². The number of carbonyl (C=O) groups excluding carboxylic acids is 2. The molecule has 174 valence electrons. The Morgan fingerprint density at radius 1 is 1.29 bits per heavy atom. The smallest absolute Gasteiger partial charge is 0.410 e. The van der Waals surface area contributed by atoms with Gasteiger partial charge < -0.3 is 15.0 Å². The highest BCUT2D eigenvalue weighted by atomic mass is 16.6.